The molecule has 0 fully saturated rings. The van der Waals surface area contributed by atoms with Gasteiger partial charge < -0.3 is 18.6 Å². The summed E-state index contributed by atoms with van der Waals surface area (Å²) in [6.07, 6.45) is 1.06. The Hall–Kier alpha value is -3.28. The summed E-state index contributed by atoms with van der Waals surface area (Å²) in [5.41, 5.74) is 2.13. The maximum absolute atomic E-state index is 12.8. The van der Waals surface area contributed by atoms with Gasteiger partial charge in [-0.1, -0.05) is 13.0 Å². The van der Waals surface area contributed by atoms with E-state index in [-0.39, 0.29) is 17.3 Å². The van der Waals surface area contributed by atoms with Crippen LogP contribution < -0.4 is 14.9 Å². The van der Waals surface area contributed by atoms with Gasteiger partial charge in [-0.05, 0) is 69.5 Å². The van der Waals surface area contributed by atoms with Crippen LogP contribution >= 0.6 is 0 Å². The predicted octanol–water partition coefficient (Wildman–Crippen LogP) is 5.31. The molecule has 2 aromatic carbocycles. The summed E-state index contributed by atoms with van der Waals surface area (Å²) in [4.78, 5) is 24.9. The molecule has 1 heterocycles. The first-order chi connectivity index (χ1) is 14.3. The summed E-state index contributed by atoms with van der Waals surface area (Å²) in [6.45, 7) is 9.31. The number of fused-ring (bicyclic) bond motifs is 1. The Bertz CT molecular complexity index is 1090. The zero-order chi connectivity index (χ0) is 21.8. The van der Waals surface area contributed by atoms with Crippen molar-refractivity contribution in [2.75, 3.05) is 0 Å². The van der Waals surface area contributed by atoms with E-state index in [0.29, 0.717) is 22.5 Å². The molecule has 0 unspecified atom stereocenters. The third-order valence-electron chi connectivity index (χ3n) is 4.67. The second-order valence-corrected chi connectivity index (χ2v) is 7.43. The summed E-state index contributed by atoms with van der Waals surface area (Å²) in [6, 6.07) is 10.5. The van der Waals surface area contributed by atoms with Gasteiger partial charge in [0, 0.05) is 6.07 Å². The lowest BCUT2D eigenvalue weighted by atomic mass is 10.1. The predicted molar refractivity (Wildman–Crippen MR) is 114 cm³/mol. The van der Waals surface area contributed by atoms with Gasteiger partial charge in [-0.15, -0.1) is 0 Å². The molecule has 0 spiro atoms. The number of carbonyl (C=O) groups excluding carboxylic acids is 1. The molecule has 0 amide bonds. The zero-order valence-electron chi connectivity index (χ0n) is 17.9. The Labute approximate surface area is 175 Å². The standard InChI is InChI=1S/C24H26O6/c1-6-16(4)28-24(26)17(5)29-18-7-8-20-21(12-18)27-13-22(23(20)25)30-19-10-14(2)9-15(3)11-19/h7-13,16-17H,6H2,1-5H3/t16-,17-/m0/s1. The first-order valence-corrected chi connectivity index (χ1v) is 9.95. The summed E-state index contributed by atoms with van der Waals surface area (Å²) in [7, 11) is 0. The maximum atomic E-state index is 12.8. The van der Waals surface area contributed by atoms with Crippen molar-refractivity contribution in [1.29, 1.82) is 0 Å². The topological polar surface area (TPSA) is 75.0 Å². The third-order valence-corrected chi connectivity index (χ3v) is 4.67. The monoisotopic (exact) mass is 410 g/mol. The van der Waals surface area contributed by atoms with Crippen LogP contribution in [0.4, 0.5) is 0 Å². The highest BCUT2D eigenvalue weighted by atomic mass is 16.6. The summed E-state index contributed by atoms with van der Waals surface area (Å²) in [5.74, 6) is 0.643. The first kappa shape index (κ1) is 21.4. The maximum Gasteiger partial charge on any atom is 0.347 e. The van der Waals surface area contributed by atoms with E-state index in [1.54, 1.807) is 25.1 Å². The quantitative estimate of drug-likeness (QED) is 0.491. The molecule has 3 aromatic rings. The minimum Gasteiger partial charge on any atom is -0.479 e. The fourth-order valence-electron chi connectivity index (χ4n) is 2.98. The van der Waals surface area contributed by atoms with Gasteiger partial charge in [-0.25, -0.2) is 4.79 Å². The minimum absolute atomic E-state index is 0.103. The molecule has 0 aliphatic carbocycles. The molecule has 30 heavy (non-hydrogen) atoms. The normalized spacial score (nSPS) is 13.0. The Morgan fingerprint density at radius 2 is 1.73 bits per heavy atom. The Morgan fingerprint density at radius 1 is 1.03 bits per heavy atom. The van der Waals surface area contributed by atoms with Gasteiger partial charge in [0.05, 0.1) is 11.5 Å². The van der Waals surface area contributed by atoms with Crippen LogP contribution in [-0.2, 0) is 9.53 Å². The second kappa shape index (κ2) is 9.03. The molecule has 0 saturated heterocycles. The van der Waals surface area contributed by atoms with E-state index in [0.717, 1.165) is 17.5 Å². The molecule has 6 nitrogen and oxygen atoms in total. The van der Waals surface area contributed by atoms with Crippen LogP contribution in [0.3, 0.4) is 0 Å². The largest absolute Gasteiger partial charge is 0.479 e. The van der Waals surface area contributed by atoms with Crippen LogP contribution in [0.15, 0.2) is 51.9 Å². The van der Waals surface area contributed by atoms with Gasteiger partial charge in [-0.2, -0.15) is 0 Å². The molecule has 0 saturated carbocycles. The van der Waals surface area contributed by atoms with Crippen molar-refractivity contribution < 1.29 is 23.4 Å². The molecule has 0 N–H and O–H groups in total. The van der Waals surface area contributed by atoms with E-state index in [2.05, 4.69) is 0 Å². The van der Waals surface area contributed by atoms with Crippen molar-refractivity contribution in [2.24, 2.45) is 0 Å². The van der Waals surface area contributed by atoms with Crippen molar-refractivity contribution in [1.82, 2.24) is 0 Å². The Morgan fingerprint density at radius 3 is 2.40 bits per heavy atom. The lowest BCUT2D eigenvalue weighted by Crippen LogP contribution is -2.29. The zero-order valence-corrected chi connectivity index (χ0v) is 17.9. The van der Waals surface area contributed by atoms with Gasteiger partial charge in [-0.3, -0.25) is 4.79 Å². The van der Waals surface area contributed by atoms with Crippen molar-refractivity contribution >= 4 is 16.9 Å². The molecule has 0 aliphatic heterocycles. The highest BCUT2D eigenvalue weighted by Gasteiger charge is 2.19. The number of carbonyl (C=O) groups is 1. The van der Waals surface area contributed by atoms with E-state index < -0.39 is 12.1 Å². The van der Waals surface area contributed by atoms with Crippen molar-refractivity contribution in [3.8, 4) is 17.2 Å². The molecule has 0 bridgehead atoms. The van der Waals surface area contributed by atoms with Gasteiger partial charge in [0.1, 0.15) is 23.3 Å². The molecule has 0 radical (unpaired) electrons. The van der Waals surface area contributed by atoms with E-state index in [1.165, 1.54) is 6.26 Å². The van der Waals surface area contributed by atoms with Crippen LogP contribution in [0, 0.1) is 13.8 Å². The highest BCUT2D eigenvalue weighted by Crippen LogP contribution is 2.26. The van der Waals surface area contributed by atoms with Crippen LogP contribution in [-0.4, -0.2) is 18.2 Å². The number of hydrogen-bond acceptors (Lipinski definition) is 6. The fourth-order valence-corrected chi connectivity index (χ4v) is 2.98. The third kappa shape index (κ3) is 5.00. The number of ether oxygens (including phenoxy) is 3. The highest BCUT2D eigenvalue weighted by molar-refractivity contribution is 5.79. The van der Waals surface area contributed by atoms with E-state index >= 15 is 0 Å². The van der Waals surface area contributed by atoms with Gasteiger partial charge >= 0.3 is 5.97 Å². The molecule has 6 heteroatoms. The van der Waals surface area contributed by atoms with Crippen LogP contribution in [0.2, 0.25) is 0 Å². The Balaban J connectivity index is 1.80. The second-order valence-electron chi connectivity index (χ2n) is 7.43. The van der Waals surface area contributed by atoms with Gasteiger partial charge in [0.25, 0.3) is 0 Å². The first-order valence-electron chi connectivity index (χ1n) is 9.95. The SMILES string of the molecule is CC[C@H](C)OC(=O)[C@H](C)Oc1ccc2c(=O)c(Oc3cc(C)cc(C)c3)coc2c1. The fraction of sp³-hybridized carbons (Fsp3) is 0.333. The average Bonchev–Trinajstić information content (AvgIpc) is 2.69. The van der Waals surface area contributed by atoms with E-state index in [4.69, 9.17) is 18.6 Å². The van der Waals surface area contributed by atoms with Crippen LogP contribution in [0.25, 0.3) is 11.0 Å². The number of aryl methyl sites for hydroxylation is 2. The summed E-state index contributed by atoms with van der Waals surface area (Å²) >= 11 is 0. The van der Waals surface area contributed by atoms with E-state index in [9.17, 15) is 9.59 Å². The van der Waals surface area contributed by atoms with Crippen LogP contribution in [0.1, 0.15) is 38.3 Å². The van der Waals surface area contributed by atoms with Gasteiger partial charge in [0.15, 0.2) is 6.10 Å². The van der Waals surface area contributed by atoms with Crippen molar-refractivity contribution in [3.63, 3.8) is 0 Å². The smallest absolute Gasteiger partial charge is 0.347 e. The minimum atomic E-state index is -0.782. The Kier molecular flexibility index (Phi) is 6.45. The van der Waals surface area contributed by atoms with Crippen molar-refractivity contribution in [3.05, 3.63) is 64.0 Å². The van der Waals surface area contributed by atoms with E-state index in [1.807, 2.05) is 45.9 Å². The number of hydrogen-bond donors (Lipinski definition) is 0. The summed E-state index contributed by atoms with van der Waals surface area (Å²) < 4.78 is 22.3. The van der Waals surface area contributed by atoms with Gasteiger partial charge in [0.2, 0.25) is 11.2 Å². The molecular formula is C24H26O6. The van der Waals surface area contributed by atoms with Crippen LogP contribution in [0.5, 0.6) is 17.2 Å². The average molecular weight is 410 g/mol. The molecule has 2 atom stereocenters. The number of esters is 1. The molecule has 158 valence electrons. The lowest BCUT2D eigenvalue weighted by molar-refractivity contribution is -0.155. The molecular weight excluding hydrogens is 384 g/mol. The van der Waals surface area contributed by atoms with Crippen molar-refractivity contribution in [2.45, 2.75) is 53.2 Å². The molecule has 3 rings (SSSR count). The lowest BCUT2D eigenvalue weighted by Gasteiger charge is -2.17. The number of benzene rings is 2. The molecule has 1 aromatic heterocycles. The summed E-state index contributed by atoms with van der Waals surface area (Å²) in [5, 5.41) is 0.360. The number of rotatable bonds is 7. The molecule has 0 aliphatic rings.